The number of pyridine rings is 2. The quantitative estimate of drug-likeness (QED) is 0.805. The lowest BCUT2D eigenvalue weighted by Crippen LogP contribution is -2.41. The Balaban J connectivity index is 1.98. The zero-order valence-electron chi connectivity index (χ0n) is 13.6. The van der Waals surface area contributed by atoms with E-state index in [-0.39, 0.29) is 11.5 Å². The van der Waals surface area contributed by atoms with Crippen LogP contribution in [-0.2, 0) is 17.6 Å². The molecule has 23 heavy (non-hydrogen) atoms. The molecule has 0 unspecified atom stereocenters. The number of rotatable bonds is 3. The van der Waals surface area contributed by atoms with E-state index in [0.29, 0.717) is 5.02 Å². The second-order valence-corrected chi connectivity index (χ2v) is 7.36. The zero-order valence-corrected chi connectivity index (χ0v) is 14.3. The van der Waals surface area contributed by atoms with Crippen molar-refractivity contribution in [3.05, 3.63) is 52.4 Å². The Morgan fingerprint density at radius 2 is 2.09 bits per heavy atom. The summed E-state index contributed by atoms with van der Waals surface area (Å²) >= 11 is 6.05. The summed E-state index contributed by atoms with van der Waals surface area (Å²) in [7, 11) is 0. The van der Waals surface area contributed by atoms with Crippen molar-refractivity contribution in [2.45, 2.75) is 45.1 Å². The van der Waals surface area contributed by atoms with Gasteiger partial charge in [-0.3, -0.25) is 14.7 Å². The molecule has 5 heteroatoms. The standard InChI is InChI=1S/C18H20ClN3O/c1-18(2,3)22(11-23)17-15(5-4-6-20-17)12-7-13-8-14(19)10-21-16(13)9-12/h4-6,8,10-12H,7,9H2,1-3H3/t12-/m1/s1. The minimum absolute atomic E-state index is 0.268. The molecule has 4 nitrogen and oxygen atoms in total. The summed E-state index contributed by atoms with van der Waals surface area (Å²) in [4.78, 5) is 22.3. The van der Waals surface area contributed by atoms with Crippen LogP contribution in [0.25, 0.3) is 0 Å². The van der Waals surface area contributed by atoms with Crippen molar-refractivity contribution in [3.63, 3.8) is 0 Å². The summed E-state index contributed by atoms with van der Waals surface area (Å²) in [5.74, 6) is 1.00. The molecular formula is C18H20ClN3O. The van der Waals surface area contributed by atoms with Gasteiger partial charge in [-0.2, -0.15) is 0 Å². The van der Waals surface area contributed by atoms with E-state index in [4.69, 9.17) is 11.6 Å². The Labute approximate surface area is 141 Å². The average molecular weight is 330 g/mol. The summed E-state index contributed by atoms with van der Waals surface area (Å²) in [5.41, 5.74) is 3.04. The fraction of sp³-hybridized carbons (Fsp3) is 0.389. The fourth-order valence-electron chi connectivity index (χ4n) is 3.12. The Morgan fingerprint density at radius 1 is 1.30 bits per heavy atom. The normalized spacial score (nSPS) is 17.0. The van der Waals surface area contributed by atoms with Gasteiger partial charge in [0, 0.05) is 23.6 Å². The molecule has 0 saturated carbocycles. The largest absolute Gasteiger partial charge is 0.294 e. The average Bonchev–Trinajstić information content (AvgIpc) is 2.90. The smallest absolute Gasteiger partial charge is 0.215 e. The van der Waals surface area contributed by atoms with Gasteiger partial charge < -0.3 is 0 Å². The molecule has 0 aliphatic heterocycles. The van der Waals surface area contributed by atoms with Crippen LogP contribution < -0.4 is 4.90 Å². The molecule has 2 aromatic rings. The molecule has 120 valence electrons. The van der Waals surface area contributed by atoms with Crippen LogP contribution in [0.5, 0.6) is 0 Å². The van der Waals surface area contributed by atoms with Crippen LogP contribution >= 0.6 is 11.6 Å². The molecule has 0 N–H and O–H groups in total. The minimum atomic E-state index is -0.322. The predicted molar refractivity (Wildman–Crippen MR) is 91.9 cm³/mol. The van der Waals surface area contributed by atoms with E-state index in [1.165, 1.54) is 5.56 Å². The molecule has 0 spiro atoms. The van der Waals surface area contributed by atoms with E-state index in [1.807, 2.05) is 32.9 Å². The number of hydrogen-bond acceptors (Lipinski definition) is 3. The highest BCUT2D eigenvalue weighted by molar-refractivity contribution is 6.30. The Bertz CT molecular complexity index is 739. The van der Waals surface area contributed by atoms with Gasteiger partial charge in [-0.05, 0) is 62.8 Å². The van der Waals surface area contributed by atoms with E-state index in [0.717, 1.165) is 36.3 Å². The van der Waals surface area contributed by atoms with Crippen molar-refractivity contribution in [2.75, 3.05) is 4.90 Å². The lowest BCUT2D eigenvalue weighted by Gasteiger charge is -2.33. The van der Waals surface area contributed by atoms with Crippen molar-refractivity contribution in [2.24, 2.45) is 0 Å². The van der Waals surface area contributed by atoms with E-state index in [9.17, 15) is 4.79 Å². The highest BCUT2D eigenvalue weighted by Crippen LogP contribution is 2.38. The third kappa shape index (κ3) is 3.08. The van der Waals surface area contributed by atoms with Crippen LogP contribution in [0.2, 0.25) is 5.02 Å². The number of nitrogens with zero attached hydrogens (tertiary/aromatic N) is 3. The molecule has 0 aromatic carbocycles. The zero-order chi connectivity index (χ0) is 16.6. The summed E-state index contributed by atoms with van der Waals surface area (Å²) < 4.78 is 0. The molecule has 3 rings (SSSR count). The van der Waals surface area contributed by atoms with E-state index in [1.54, 1.807) is 17.3 Å². The first-order valence-corrected chi connectivity index (χ1v) is 8.11. The molecular weight excluding hydrogens is 310 g/mol. The molecule has 0 radical (unpaired) electrons. The van der Waals surface area contributed by atoms with E-state index in [2.05, 4.69) is 16.0 Å². The summed E-state index contributed by atoms with van der Waals surface area (Å²) in [5, 5.41) is 0.667. The summed E-state index contributed by atoms with van der Waals surface area (Å²) in [6, 6.07) is 5.97. The summed E-state index contributed by atoms with van der Waals surface area (Å²) in [6.45, 7) is 6.01. The molecule has 2 heterocycles. The monoisotopic (exact) mass is 329 g/mol. The first kappa shape index (κ1) is 15.9. The number of amides is 1. The van der Waals surface area contributed by atoms with Gasteiger partial charge in [0.15, 0.2) is 0 Å². The van der Waals surface area contributed by atoms with E-state index < -0.39 is 0 Å². The van der Waals surface area contributed by atoms with Crippen LogP contribution in [0.15, 0.2) is 30.6 Å². The first-order chi connectivity index (χ1) is 10.9. The molecule has 0 saturated heterocycles. The maximum Gasteiger partial charge on any atom is 0.215 e. The number of carbonyl (C=O) groups is 1. The van der Waals surface area contributed by atoms with Gasteiger partial charge in [-0.1, -0.05) is 17.7 Å². The molecule has 1 aliphatic rings. The molecule has 1 atom stereocenters. The van der Waals surface area contributed by atoms with Crippen molar-refractivity contribution in [1.29, 1.82) is 0 Å². The minimum Gasteiger partial charge on any atom is -0.294 e. The van der Waals surface area contributed by atoms with E-state index >= 15 is 0 Å². The topological polar surface area (TPSA) is 46.1 Å². The Kier molecular flexibility index (Phi) is 4.11. The maximum absolute atomic E-state index is 11.6. The van der Waals surface area contributed by atoms with Crippen molar-refractivity contribution < 1.29 is 4.79 Å². The number of aromatic nitrogens is 2. The van der Waals surface area contributed by atoms with Gasteiger partial charge >= 0.3 is 0 Å². The third-order valence-electron chi connectivity index (χ3n) is 4.25. The number of anilines is 1. The van der Waals surface area contributed by atoms with Crippen LogP contribution in [0.1, 0.15) is 43.5 Å². The molecule has 1 aliphatic carbocycles. The predicted octanol–water partition coefficient (Wildman–Crippen LogP) is 3.77. The van der Waals surface area contributed by atoms with Gasteiger partial charge in [0.25, 0.3) is 0 Å². The fourth-order valence-corrected chi connectivity index (χ4v) is 3.30. The first-order valence-electron chi connectivity index (χ1n) is 7.73. The van der Waals surface area contributed by atoms with Crippen LogP contribution in [-0.4, -0.2) is 21.9 Å². The van der Waals surface area contributed by atoms with Crippen LogP contribution in [0, 0.1) is 0 Å². The van der Waals surface area contributed by atoms with Crippen LogP contribution in [0.3, 0.4) is 0 Å². The lowest BCUT2D eigenvalue weighted by atomic mass is 9.95. The molecule has 0 bridgehead atoms. The highest BCUT2D eigenvalue weighted by Gasteiger charge is 2.31. The highest BCUT2D eigenvalue weighted by atomic mass is 35.5. The molecule has 1 amide bonds. The lowest BCUT2D eigenvalue weighted by molar-refractivity contribution is -0.108. The van der Waals surface area contributed by atoms with Crippen molar-refractivity contribution >= 4 is 23.8 Å². The number of hydrogen-bond donors (Lipinski definition) is 0. The Morgan fingerprint density at radius 3 is 2.78 bits per heavy atom. The number of fused-ring (bicyclic) bond motifs is 1. The Hall–Kier alpha value is -1.94. The van der Waals surface area contributed by atoms with Gasteiger partial charge in [0.1, 0.15) is 5.82 Å². The van der Waals surface area contributed by atoms with Crippen molar-refractivity contribution in [1.82, 2.24) is 9.97 Å². The third-order valence-corrected chi connectivity index (χ3v) is 4.45. The van der Waals surface area contributed by atoms with Gasteiger partial charge in [0.2, 0.25) is 6.41 Å². The SMILES string of the molecule is CC(C)(C)N(C=O)c1ncccc1[C@@H]1Cc2cc(Cl)cnc2C1. The van der Waals surface area contributed by atoms with Crippen LogP contribution in [0.4, 0.5) is 5.82 Å². The molecule has 2 aromatic heterocycles. The van der Waals surface area contributed by atoms with Gasteiger partial charge in [-0.25, -0.2) is 4.98 Å². The number of carbonyl (C=O) groups excluding carboxylic acids is 1. The number of halogens is 1. The summed E-state index contributed by atoms with van der Waals surface area (Å²) in [6.07, 6.45) is 6.02. The maximum atomic E-state index is 11.6. The second kappa shape index (κ2) is 5.93. The molecule has 0 fully saturated rings. The van der Waals surface area contributed by atoms with Gasteiger partial charge in [-0.15, -0.1) is 0 Å². The van der Waals surface area contributed by atoms with Gasteiger partial charge in [0.05, 0.1) is 5.02 Å². The van der Waals surface area contributed by atoms with Crippen molar-refractivity contribution in [3.8, 4) is 0 Å². The second-order valence-electron chi connectivity index (χ2n) is 6.93.